The van der Waals surface area contributed by atoms with Crippen molar-refractivity contribution in [3.05, 3.63) is 69.9 Å². The zero-order chi connectivity index (χ0) is 19.0. The van der Waals surface area contributed by atoms with Gasteiger partial charge in [-0.1, -0.05) is 6.08 Å². The first kappa shape index (κ1) is 17.4. The van der Waals surface area contributed by atoms with Gasteiger partial charge in [0.1, 0.15) is 5.65 Å². The molecule has 0 bridgehead atoms. The third kappa shape index (κ3) is 3.24. The van der Waals surface area contributed by atoms with Crippen LogP contribution in [0.4, 0.5) is 4.39 Å². The van der Waals surface area contributed by atoms with E-state index in [0.29, 0.717) is 16.9 Å². The second-order valence-corrected chi connectivity index (χ2v) is 6.62. The smallest absolute Gasteiger partial charge is 0.258 e. The molecule has 27 heavy (non-hydrogen) atoms. The van der Waals surface area contributed by atoms with Crippen molar-refractivity contribution in [2.24, 2.45) is 0 Å². The largest absolute Gasteiger partial charge is 0.494 e. The summed E-state index contributed by atoms with van der Waals surface area (Å²) in [5, 5.41) is 3.29. The lowest BCUT2D eigenvalue weighted by Gasteiger charge is -2.16. The number of pyridine rings is 1. The van der Waals surface area contributed by atoms with Gasteiger partial charge in [-0.2, -0.15) is 0 Å². The van der Waals surface area contributed by atoms with Crippen molar-refractivity contribution in [1.82, 2.24) is 14.7 Å². The van der Waals surface area contributed by atoms with Crippen molar-refractivity contribution in [1.29, 1.82) is 0 Å². The number of aryl methyl sites for hydroxylation is 1. The minimum Gasteiger partial charge on any atom is -0.494 e. The maximum Gasteiger partial charge on any atom is 0.258 e. The minimum absolute atomic E-state index is 0.160. The van der Waals surface area contributed by atoms with Crippen LogP contribution in [0.3, 0.4) is 0 Å². The highest BCUT2D eigenvalue weighted by Gasteiger charge is 2.13. The SMILES string of the molecule is COc1ccc(-c2cc(=O)n3cc(C4=CCNCC4)cc(C)c3n2)cc1F. The van der Waals surface area contributed by atoms with E-state index < -0.39 is 5.82 Å². The molecule has 0 amide bonds. The normalized spacial score (nSPS) is 14.3. The third-order valence-corrected chi connectivity index (χ3v) is 4.83. The molecule has 2 aromatic heterocycles. The summed E-state index contributed by atoms with van der Waals surface area (Å²) in [6.07, 6.45) is 4.92. The summed E-state index contributed by atoms with van der Waals surface area (Å²) in [5.74, 6) is -0.325. The molecule has 4 rings (SSSR count). The van der Waals surface area contributed by atoms with Gasteiger partial charge in [0.25, 0.3) is 5.56 Å². The molecule has 6 heteroatoms. The Morgan fingerprint density at radius 2 is 2.07 bits per heavy atom. The molecule has 0 aliphatic carbocycles. The van der Waals surface area contributed by atoms with Crippen LogP contribution in [-0.4, -0.2) is 29.6 Å². The topological polar surface area (TPSA) is 55.6 Å². The Balaban J connectivity index is 1.85. The van der Waals surface area contributed by atoms with Crippen molar-refractivity contribution in [2.45, 2.75) is 13.3 Å². The summed E-state index contributed by atoms with van der Waals surface area (Å²) in [4.78, 5) is 17.4. The Labute approximate surface area is 156 Å². The summed E-state index contributed by atoms with van der Waals surface area (Å²) in [7, 11) is 1.41. The number of rotatable bonds is 3. The fourth-order valence-electron chi connectivity index (χ4n) is 3.40. The molecule has 0 spiro atoms. The van der Waals surface area contributed by atoms with E-state index in [1.165, 1.54) is 30.9 Å². The van der Waals surface area contributed by atoms with Crippen molar-refractivity contribution >= 4 is 11.2 Å². The van der Waals surface area contributed by atoms with E-state index in [9.17, 15) is 9.18 Å². The lowest BCUT2D eigenvalue weighted by atomic mass is 10.0. The van der Waals surface area contributed by atoms with Crippen LogP contribution >= 0.6 is 0 Å². The first-order chi connectivity index (χ1) is 13.1. The summed E-state index contributed by atoms with van der Waals surface area (Å²) in [6.45, 7) is 3.70. The van der Waals surface area contributed by atoms with Crippen LogP contribution in [-0.2, 0) is 0 Å². The number of ether oxygens (including phenoxy) is 1. The van der Waals surface area contributed by atoms with E-state index >= 15 is 0 Å². The van der Waals surface area contributed by atoms with Gasteiger partial charge >= 0.3 is 0 Å². The standard InChI is InChI=1S/C21H20FN3O2/c1-13-9-16(14-5-7-23-8-6-14)12-25-20(26)11-18(24-21(13)25)15-3-4-19(27-2)17(22)10-15/h3-5,9-12,23H,6-8H2,1-2H3. The first-order valence-corrected chi connectivity index (χ1v) is 8.85. The van der Waals surface area contributed by atoms with Gasteiger partial charge in [-0.3, -0.25) is 9.20 Å². The van der Waals surface area contributed by atoms with E-state index in [2.05, 4.69) is 22.4 Å². The van der Waals surface area contributed by atoms with Crippen LogP contribution in [0.25, 0.3) is 22.5 Å². The van der Waals surface area contributed by atoms with E-state index in [0.717, 1.165) is 30.6 Å². The molecular weight excluding hydrogens is 345 g/mol. The maximum absolute atomic E-state index is 14.0. The van der Waals surface area contributed by atoms with Crippen molar-refractivity contribution < 1.29 is 9.13 Å². The van der Waals surface area contributed by atoms with Crippen LogP contribution in [0.15, 0.2) is 47.4 Å². The van der Waals surface area contributed by atoms with Crippen LogP contribution in [0.5, 0.6) is 5.75 Å². The number of benzene rings is 1. The van der Waals surface area contributed by atoms with Crippen LogP contribution in [0, 0.1) is 12.7 Å². The Bertz CT molecular complexity index is 1120. The van der Waals surface area contributed by atoms with E-state index in [1.54, 1.807) is 10.5 Å². The quantitative estimate of drug-likeness (QED) is 0.775. The average Bonchev–Trinajstić information content (AvgIpc) is 2.69. The van der Waals surface area contributed by atoms with Gasteiger partial charge in [-0.25, -0.2) is 9.37 Å². The highest BCUT2D eigenvalue weighted by Crippen LogP contribution is 2.26. The van der Waals surface area contributed by atoms with Crippen molar-refractivity contribution in [3.63, 3.8) is 0 Å². The molecule has 0 saturated carbocycles. The van der Waals surface area contributed by atoms with Gasteiger partial charge in [0.05, 0.1) is 12.8 Å². The fourth-order valence-corrected chi connectivity index (χ4v) is 3.40. The third-order valence-electron chi connectivity index (χ3n) is 4.83. The summed E-state index contributed by atoms with van der Waals surface area (Å²) in [6, 6.07) is 8.06. The average molecular weight is 365 g/mol. The predicted octanol–water partition coefficient (Wildman–Crippen LogP) is 3.19. The molecule has 5 nitrogen and oxygen atoms in total. The Morgan fingerprint density at radius 3 is 2.78 bits per heavy atom. The molecule has 3 heterocycles. The Kier molecular flexibility index (Phi) is 4.49. The van der Waals surface area contributed by atoms with Gasteiger partial charge in [0.15, 0.2) is 11.6 Å². The van der Waals surface area contributed by atoms with E-state index in [-0.39, 0.29) is 11.3 Å². The van der Waals surface area contributed by atoms with Crippen molar-refractivity contribution in [3.8, 4) is 17.0 Å². The number of hydrogen-bond donors (Lipinski definition) is 1. The van der Waals surface area contributed by atoms with Crippen LogP contribution in [0.1, 0.15) is 17.5 Å². The molecule has 1 aliphatic heterocycles. The van der Waals surface area contributed by atoms with Crippen LogP contribution in [0.2, 0.25) is 0 Å². The molecule has 0 radical (unpaired) electrons. The molecule has 1 aromatic carbocycles. The number of hydrogen-bond acceptors (Lipinski definition) is 4. The van der Waals surface area contributed by atoms with E-state index in [1.807, 2.05) is 13.1 Å². The highest BCUT2D eigenvalue weighted by atomic mass is 19.1. The summed E-state index contributed by atoms with van der Waals surface area (Å²) in [5.41, 5.74) is 4.54. The molecule has 0 fully saturated rings. The molecule has 0 atom stereocenters. The van der Waals surface area contributed by atoms with Gasteiger partial charge in [0, 0.05) is 24.4 Å². The number of aromatic nitrogens is 2. The van der Waals surface area contributed by atoms with Gasteiger partial charge < -0.3 is 10.1 Å². The molecule has 3 aromatic rings. The molecular formula is C21H20FN3O2. The Hall–Kier alpha value is -2.99. The lowest BCUT2D eigenvalue weighted by molar-refractivity contribution is 0.386. The van der Waals surface area contributed by atoms with Crippen LogP contribution < -0.4 is 15.6 Å². The zero-order valence-electron chi connectivity index (χ0n) is 15.3. The minimum atomic E-state index is -0.484. The van der Waals surface area contributed by atoms with Crippen molar-refractivity contribution in [2.75, 3.05) is 20.2 Å². The molecule has 0 unspecified atom stereocenters. The maximum atomic E-state index is 14.0. The fraction of sp³-hybridized carbons (Fsp3) is 0.238. The summed E-state index contributed by atoms with van der Waals surface area (Å²) < 4.78 is 20.6. The molecule has 1 N–H and O–H groups in total. The second-order valence-electron chi connectivity index (χ2n) is 6.62. The van der Waals surface area contributed by atoms with E-state index in [4.69, 9.17) is 4.74 Å². The lowest BCUT2D eigenvalue weighted by Crippen LogP contribution is -2.21. The molecule has 138 valence electrons. The second kappa shape index (κ2) is 6.96. The van der Waals surface area contributed by atoms with Gasteiger partial charge in [-0.15, -0.1) is 0 Å². The number of methoxy groups -OCH3 is 1. The highest BCUT2D eigenvalue weighted by molar-refractivity contribution is 5.70. The molecule has 0 saturated heterocycles. The first-order valence-electron chi connectivity index (χ1n) is 8.85. The number of nitrogens with one attached hydrogen (secondary N) is 1. The molecule has 1 aliphatic rings. The van der Waals surface area contributed by atoms with Gasteiger partial charge in [-0.05, 0) is 60.9 Å². The summed E-state index contributed by atoms with van der Waals surface area (Å²) >= 11 is 0. The zero-order valence-corrected chi connectivity index (χ0v) is 15.3. The number of nitrogens with zero attached hydrogens (tertiary/aromatic N) is 2. The Morgan fingerprint density at radius 1 is 1.22 bits per heavy atom. The number of fused-ring (bicyclic) bond motifs is 1. The van der Waals surface area contributed by atoms with Gasteiger partial charge in [0.2, 0.25) is 0 Å². The number of halogens is 1. The monoisotopic (exact) mass is 365 g/mol. The predicted molar refractivity (Wildman–Crippen MR) is 104 cm³/mol.